The summed E-state index contributed by atoms with van der Waals surface area (Å²) in [7, 11) is 0. The van der Waals surface area contributed by atoms with E-state index in [1.165, 1.54) is 17.7 Å². The summed E-state index contributed by atoms with van der Waals surface area (Å²) < 4.78 is 27.6. The Balaban J connectivity index is 1.80. The van der Waals surface area contributed by atoms with Crippen LogP contribution in [0.2, 0.25) is 0 Å². The molecular weight excluding hydrogens is 334 g/mol. The monoisotopic (exact) mass is 350 g/mol. The number of aliphatic carboxylic acids is 1. The number of nitrogens with one attached hydrogen (secondary N) is 1. The van der Waals surface area contributed by atoms with Crippen LogP contribution in [0.25, 0.3) is 5.69 Å². The smallest absolute Gasteiger partial charge is 0.326 e. The lowest BCUT2D eigenvalue weighted by molar-refractivity contribution is -0.139. The van der Waals surface area contributed by atoms with Gasteiger partial charge in [-0.15, -0.1) is 5.10 Å². The molecule has 0 radical (unpaired) electrons. The van der Waals surface area contributed by atoms with Crippen LogP contribution in [0, 0.1) is 24.5 Å². The van der Waals surface area contributed by atoms with E-state index in [1.807, 2.05) is 0 Å². The quantitative estimate of drug-likeness (QED) is 0.828. The Morgan fingerprint density at radius 3 is 2.68 bits per heavy atom. The third-order valence-corrected chi connectivity index (χ3v) is 4.13. The number of carboxylic acids is 1. The Morgan fingerprint density at radius 2 is 2.08 bits per heavy atom. The third kappa shape index (κ3) is 3.65. The number of benzene rings is 1. The van der Waals surface area contributed by atoms with E-state index >= 15 is 0 Å². The molecule has 7 nitrogen and oxygen atoms in total. The lowest BCUT2D eigenvalue weighted by Crippen LogP contribution is -2.41. The highest BCUT2D eigenvalue weighted by atomic mass is 19.2. The number of rotatable bonds is 6. The minimum atomic E-state index is -1.11. The molecule has 25 heavy (non-hydrogen) atoms. The van der Waals surface area contributed by atoms with Crippen LogP contribution in [0.15, 0.2) is 18.2 Å². The Labute approximate surface area is 141 Å². The topological polar surface area (TPSA) is 97.1 Å². The molecule has 1 atom stereocenters. The van der Waals surface area contributed by atoms with Crippen LogP contribution in [-0.4, -0.2) is 38.0 Å². The van der Waals surface area contributed by atoms with Gasteiger partial charge in [0.2, 0.25) is 0 Å². The first-order chi connectivity index (χ1) is 11.9. The van der Waals surface area contributed by atoms with Crippen molar-refractivity contribution in [3.05, 3.63) is 41.2 Å². The average molecular weight is 350 g/mol. The van der Waals surface area contributed by atoms with Gasteiger partial charge in [-0.1, -0.05) is 18.1 Å². The number of carboxylic acid groups (broad SMARTS) is 1. The van der Waals surface area contributed by atoms with Gasteiger partial charge in [0.15, 0.2) is 17.3 Å². The molecule has 1 aromatic carbocycles. The first-order valence-corrected chi connectivity index (χ1v) is 7.78. The Kier molecular flexibility index (Phi) is 4.47. The van der Waals surface area contributed by atoms with Gasteiger partial charge in [-0.25, -0.2) is 18.3 Å². The van der Waals surface area contributed by atoms with Crippen LogP contribution in [-0.2, 0) is 4.79 Å². The number of carbonyl (C=O) groups is 2. The molecule has 132 valence electrons. The maximum Gasteiger partial charge on any atom is 0.326 e. The molecule has 1 saturated carbocycles. The van der Waals surface area contributed by atoms with Crippen molar-refractivity contribution >= 4 is 11.9 Å². The van der Waals surface area contributed by atoms with E-state index in [9.17, 15) is 23.5 Å². The van der Waals surface area contributed by atoms with Crippen LogP contribution >= 0.6 is 0 Å². The summed E-state index contributed by atoms with van der Waals surface area (Å²) in [4.78, 5) is 23.6. The molecule has 1 unspecified atom stereocenters. The zero-order chi connectivity index (χ0) is 18.1. The van der Waals surface area contributed by atoms with E-state index in [0.717, 1.165) is 25.0 Å². The summed E-state index contributed by atoms with van der Waals surface area (Å²) in [6.45, 7) is 1.53. The first kappa shape index (κ1) is 17.0. The van der Waals surface area contributed by atoms with Crippen molar-refractivity contribution in [2.75, 3.05) is 0 Å². The highest BCUT2D eigenvalue weighted by molar-refractivity contribution is 5.95. The average Bonchev–Trinajstić information content (AvgIpc) is 3.29. The normalized spacial score (nSPS) is 15.0. The largest absolute Gasteiger partial charge is 0.480 e. The molecule has 1 aliphatic carbocycles. The van der Waals surface area contributed by atoms with Gasteiger partial charge >= 0.3 is 5.97 Å². The molecule has 1 fully saturated rings. The highest BCUT2D eigenvalue weighted by Crippen LogP contribution is 2.33. The number of amides is 1. The maximum atomic E-state index is 13.4. The third-order valence-electron chi connectivity index (χ3n) is 4.13. The number of hydrogen-bond acceptors (Lipinski definition) is 4. The molecule has 0 spiro atoms. The predicted octanol–water partition coefficient (Wildman–Crippen LogP) is 1.84. The summed E-state index contributed by atoms with van der Waals surface area (Å²) in [6, 6.07) is 2.19. The SMILES string of the molecule is Cc1c(C(=O)NC(CC2CC2)C(=O)O)nnn1-c1ccc(F)c(F)c1. The lowest BCUT2D eigenvalue weighted by Gasteiger charge is -2.13. The number of hydrogen-bond donors (Lipinski definition) is 2. The van der Waals surface area contributed by atoms with E-state index in [0.29, 0.717) is 18.0 Å². The summed E-state index contributed by atoms with van der Waals surface area (Å²) in [5, 5.41) is 19.2. The Hall–Kier alpha value is -2.84. The lowest BCUT2D eigenvalue weighted by atomic mass is 10.1. The van der Waals surface area contributed by atoms with Gasteiger partial charge in [0.1, 0.15) is 6.04 Å². The second-order valence-electron chi connectivity index (χ2n) is 6.08. The van der Waals surface area contributed by atoms with Gasteiger partial charge in [-0.05, 0) is 31.4 Å². The Morgan fingerprint density at radius 1 is 1.36 bits per heavy atom. The van der Waals surface area contributed by atoms with Crippen LogP contribution in [0.3, 0.4) is 0 Å². The minimum absolute atomic E-state index is 0.0632. The van der Waals surface area contributed by atoms with Crippen LogP contribution in [0.5, 0.6) is 0 Å². The molecule has 0 saturated heterocycles. The van der Waals surface area contributed by atoms with Gasteiger partial charge in [0.25, 0.3) is 5.91 Å². The van der Waals surface area contributed by atoms with Gasteiger partial charge < -0.3 is 10.4 Å². The molecule has 0 bridgehead atoms. The predicted molar refractivity (Wildman–Crippen MR) is 82.2 cm³/mol. The van der Waals surface area contributed by atoms with E-state index < -0.39 is 29.6 Å². The van der Waals surface area contributed by atoms with Crippen molar-refractivity contribution < 1.29 is 23.5 Å². The summed E-state index contributed by atoms with van der Waals surface area (Å²) in [5.41, 5.74) is 0.432. The summed E-state index contributed by atoms with van der Waals surface area (Å²) in [5.74, 6) is -3.50. The number of carbonyl (C=O) groups excluding carboxylic acids is 1. The van der Waals surface area contributed by atoms with Crippen molar-refractivity contribution in [3.63, 3.8) is 0 Å². The number of nitrogens with zero attached hydrogens (tertiary/aromatic N) is 3. The van der Waals surface area contributed by atoms with Gasteiger partial charge in [-0.2, -0.15) is 0 Å². The summed E-state index contributed by atoms with van der Waals surface area (Å²) >= 11 is 0. The molecule has 9 heteroatoms. The van der Waals surface area contributed by atoms with Crippen molar-refractivity contribution in [2.24, 2.45) is 5.92 Å². The molecule has 1 aliphatic rings. The highest BCUT2D eigenvalue weighted by Gasteiger charge is 2.31. The summed E-state index contributed by atoms with van der Waals surface area (Å²) in [6.07, 6.45) is 2.30. The maximum absolute atomic E-state index is 13.4. The standard InChI is InChI=1S/C16H16F2N4O3/c1-8-14(15(23)19-13(16(24)25)6-9-2-3-9)20-21-22(8)10-4-5-11(17)12(18)7-10/h4-5,7,9,13H,2-3,6H2,1H3,(H,19,23)(H,24,25). The molecular formula is C16H16F2N4O3. The fraction of sp³-hybridized carbons (Fsp3) is 0.375. The van der Waals surface area contributed by atoms with Crippen molar-refractivity contribution in [3.8, 4) is 5.69 Å². The van der Waals surface area contributed by atoms with E-state index in [-0.39, 0.29) is 11.4 Å². The molecule has 2 N–H and O–H groups in total. The Bertz CT molecular complexity index is 833. The van der Waals surface area contributed by atoms with Crippen LogP contribution < -0.4 is 5.32 Å². The zero-order valence-electron chi connectivity index (χ0n) is 13.4. The first-order valence-electron chi connectivity index (χ1n) is 7.78. The fourth-order valence-corrected chi connectivity index (χ4v) is 2.54. The van der Waals surface area contributed by atoms with E-state index in [1.54, 1.807) is 0 Å². The van der Waals surface area contributed by atoms with Crippen molar-refractivity contribution in [1.29, 1.82) is 0 Å². The van der Waals surface area contributed by atoms with E-state index in [4.69, 9.17) is 0 Å². The molecule has 1 heterocycles. The van der Waals surface area contributed by atoms with Crippen molar-refractivity contribution in [1.82, 2.24) is 20.3 Å². The van der Waals surface area contributed by atoms with Gasteiger partial charge in [-0.3, -0.25) is 4.79 Å². The molecule has 0 aliphatic heterocycles. The second-order valence-corrected chi connectivity index (χ2v) is 6.08. The molecule has 3 rings (SSSR count). The number of halogens is 2. The molecule has 1 amide bonds. The fourth-order valence-electron chi connectivity index (χ4n) is 2.54. The van der Waals surface area contributed by atoms with E-state index in [2.05, 4.69) is 15.6 Å². The van der Waals surface area contributed by atoms with Crippen LogP contribution in [0.4, 0.5) is 8.78 Å². The van der Waals surface area contributed by atoms with Gasteiger partial charge in [0, 0.05) is 6.07 Å². The minimum Gasteiger partial charge on any atom is -0.480 e. The van der Waals surface area contributed by atoms with Gasteiger partial charge in [0.05, 0.1) is 11.4 Å². The number of aromatic nitrogens is 3. The second kappa shape index (κ2) is 6.58. The molecule has 2 aromatic rings. The van der Waals surface area contributed by atoms with Crippen molar-refractivity contribution in [2.45, 2.75) is 32.2 Å². The zero-order valence-corrected chi connectivity index (χ0v) is 13.4. The molecule has 1 aromatic heterocycles. The van der Waals surface area contributed by atoms with Crippen LogP contribution in [0.1, 0.15) is 35.4 Å².